The van der Waals surface area contributed by atoms with Gasteiger partial charge in [-0.05, 0) is 36.3 Å². The number of esters is 2. The molecule has 1 aromatic heterocycles. The molecule has 1 atom stereocenters. The Bertz CT molecular complexity index is 1480. The predicted molar refractivity (Wildman–Crippen MR) is 127 cm³/mol. The highest BCUT2D eigenvalue weighted by atomic mass is 32.1. The number of rotatable bonds is 5. The highest BCUT2D eigenvalue weighted by molar-refractivity contribution is 7.07. The molecule has 0 radical (unpaired) electrons. The minimum atomic E-state index is -0.659. The van der Waals surface area contributed by atoms with E-state index < -0.39 is 18.0 Å². The molecule has 2 aromatic carbocycles. The molecule has 0 bridgehead atoms. The van der Waals surface area contributed by atoms with Crippen molar-refractivity contribution in [2.24, 2.45) is 4.99 Å². The van der Waals surface area contributed by atoms with Crippen molar-refractivity contribution in [3.05, 3.63) is 90.6 Å². The van der Waals surface area contributed by atoms with Gasteiger partial charge in [-0.25, -0.2) is 9.79 Å². The number of aromatic nitrogens is 1. The summed E-state index contributed by atoms with van der Waals surface area (Å²) in [6.07, 6.45) is 1.71. The maximum absolute atomic E-state index is 13.5. The van der Waals surface area contributed by atoms with Gasteiger partial charge in [-0.2, -0.15) is 0 Å². The fourth-order valence-corrected chi connectivity index (χ4v) is 4.85. The minimum absolute atomic E-state index is 0.283. The number of allylic oxidation sites excluding steroid dienone is 1. The van der Waals surface area contributed by atoms with E-state index in [1.54, 1.807) is 31.2 Å². The summed E-state index contributed by atoms with van der Waals surface area (Å²) in [5.74, 6) is -0.342. The summed E-state index contributed by atoms with van der Waals surface area (Å²) in [7, 11) is 2.78. The van der Waals surface area contributed by atoms with Crippen molar-refractivity contribution in [2.75, 3.05) is 14.2 Å². The van der Waals surface area contributed by atoms with Crippen LogP contribution in [0.3, 0.4) is 0 Å². The van der Waals surface area contributed by atoms with Crippen molar-refractivity contribution in [1.29, 1.82) is 0 Å². The lowest BCUT2D eigenvalue weighted by Crippen LogP contribution is -2.39. The van der Waals surface area contributed by atoms with Gasteiger partial charge < -0.3 is 14.2 Å². The Balaban J connectivity index is 1.89. The van der Waals surface area contributed by atoms with Crippen molar-refractivity contribution >= 4 is 29.4 Å². The van der Waals surface area contributed by atoms with Crippen LogP contribution in [-0.2, 0) is 14.3 Å². The molecule has 1 aliphatic rings. The molecule has 0 amide bonds. The lowest BCUT2D eigenvalue weighted by Gasteiger charge is -2.24. The predicted octanol–water partition coefficient (Wildman–Crippen LogP) is 2.34. The monoisotopic (exact) mass is 478 g/mol. The highest BCUT2D eigenvalue weighted by Gasteiger charge is 2.32. The average molecular weight is 479 g/mol. The first kappa shape index (κ1) is 23.2. The zero-order valence-electron chi connectivity index (χ0n) is 19.0. The summed E-state index contributed by atoms with van der Waals surface area (Å²) in [5, 5.41) is 0. The van der Waals surface area contributed by atoms with Gasteiger partial charge in [0.2, 0.25) is 0 Å². The first-order valence-electron chi connectivity index (χ1n) is 10.4. The van der Waals surface area contributed by atoms with Crippen molar-refractivity contribution < 1.29 is 23.8 Å². The van der Waals surface area contributed by atoms with Gasteiger partial charge in [0.15, 0.2) is 16.3 Å². The smallest absolute Gasteiger partial charge is 0.338 e. The van der Waals surface area contributed by atoms with Crippen molar-refractivity contribution in [3.63, 3.8) is 0 Å². The molecule has 9 heteroatoms. The second-order valence-corrected chi connectivity index (χ2v) is 8.50. The summed E-state index contributed by atoms with van der Waals surface area (Å²) >= 11 is 1.22. The third-order valence-corrected chi connectivity index (χ3v) is 6.26. The summed E-state index contributed by atoms with van der Waals surface area (Å²) in [5.41, 5.74) is 1.99. The van der Waals surface area contributed by atoms with Crippen LogP contribution in [0.1, 0.15) is 31.0 Å². The number of methoxy groups -OCH3 is 2. The summed E-state index contributed by atoms with van der Waals surface area (Å²) in [6, 6.07) is 13.6. The molecule has 0 aliphatic carbocycles. The van der Waals surface area contributed by atoms with Gasteiger partial charge >= 0.3 is 11.9 Å². The third-order valence-electron chi connectivity index (χ3n) is 5.28. The fourth-order valence-electron chi connectivity index (χ4n) is 3.81. The molecule has 8 nitrogen and oxygen atoms in total. The molecule has 0 spiro atoms. The van der Waals surface area contributed by atoms with E-state index in [1.165, 1.54) is 37.0 Å². The molecule has 0 saturated heterocycles. The summed E-state index contributed by atoms with van der Waals surface area (Å²) in [6.45, 7) is 3.04. The number of ether oxygens (including phenoxy) is 3. The van der Waals surface area contributed by atoms with Crippen LogP contribution in [0, 0.1) is 0 Å². The molecule has 0 saturated carbocycles. The third kappa shape index (κ3) is 4.29. The van der Waals surface area contributed by atoms with E-state index in [-0.39, 0.29) is 11.3 Å². The van der Waals surface area contributed by atoms with Crippen LogP contribution in [0.5, 0.6) is 11.5 Å². The largest absolute Gasteiger partial charge is 0.493 e. The van der Waals surface area contributed by atoms with E-state index in [2.05, 4.69) is 4.99 Å². The Labute approximate surface area is 199 Å². The Morgan fingerprint density at radius 1 is 1.09 bits per heavy atom. The molecule has 34 heavy (non-hydrogen) atoms. The quantitative estimate of drug-likeness (QED) is 0.413. The molecule has 3 aromatic rings. The first-order valence-corrected chi connectivity index (χ1v) is 11.2. The number of nitrogens with zero attached hydrogens (tertiary/aromatic N) is 2. The van der Waals surface area contributed by atoms with Crippen LogP contribution in [0.4, 0.5) is 0 Å². The average Bonchev–Trinajstić information content (AvgIpc) is 3.13. The van der Waals surface area contributed by atoms with Crippen LogP contribution in [0.25, 0.3) is 6.08 Å². The highest BCUT2D eigenvalue weighted by Crippen LogP contribution is 2.31. The SMILES string of the molecule is COC(=O)C1=C(C)N=c2sc(=Cc3ccc(OC(C)=O)c(OC)c3)c(=O)n2C1c1ccccc1. The van der Waals surface area contributed by atoms with Gasteiger partial charge in [0.25, 0.3) is 5.56 Å². The fraction of sp³-hybridized carbons (Fsp3) is 0.200. The lowest BCUT2D eigenvalue weighted by atomic mass is 9.96. The molecular formula is C25H22N2O6S. The van der Waals surface area contributed by atoms with Crippen LogP contribution in [0.2, 0.25) is 0 Å². The molecule has 1 unspecified atom stereocenters. The van der Waals surface area contributed by atoms with E-state index in [9.17, 15) is 14.4 Å². The standard InChI is InChI=1S/C25H22N2O6S/c1-14-21(24(30)32-4)22(17-8-6-5-7-9-17)27-23(29)20(34-25(27)26-14)13-16-10-11-18(33-15(2)28)19(12-16)31-3/h5-13,22H,1-4H3. The number of carbonyl (C=O) groups is 2. The van der Waals surface area contributed by atoms with Gasteiger partial charge in [-0.1, -0.05) is 47.7 Å². The molecular weight excluding hydrogens is 456 g/mol. The van der Waals surface area contributed by atoms with Crippen LogP contribution in [0.15, 0.2) is 69.6 Å². The second kappa shape index (κ2) is 9.48. The first-order chi connectivity index (χ1) is 16.3. The van der Waals surface area contributed by atoms with Crippen molar-refractivity contribution in [1.82, 2.24) is 4.57 Å². The van der Waals surface area contributed by atoms with Gasteiger partial charge in [0.05, 0.1) is 36.1 Å². The normalized spacial score (nSPS) is 15.4. The number of carbonyl (C=O) groups excluding carboxylic acids is 2. The molecule has 0 fully saturated rings. The van der Waals surface area contributed by atoms with E-state index in [1.807, 2.05) is 30.3 Å². The van der Waals surface area contributed by atoms with Gasteiger partial charge in [-0.15, -0.1) is 0 Å². The number of benzene rings is 2. The second-order valence-electron chi connectivity index (χ2n) is 7.49. The van der Waals surface area contributed by atoms with Gasteiger partial charge in [0, 0.05) is 6.92 Å². The summed E-state index contributed by atoms with van der Waals surface area (Å²) in [4.78, 5) is 42.5. The summed E-state index contributed by atoms with van der Waals surface area (Å²) < 4.78 is 17.4. The number of hydrogen-bond donors (Lipinski definition) is 0. The van der Waals surface area contributed by atoms with Gasteiger partial charge in [0.1, 0.15) is 0 Å². The van der Waals surface area contributed by atoms with Crippen LogP contribution >= 0.6 is 11.3 Å². The zero-order chi connectivity index (χ0) is 24.4. The Kier molecular flexibility index (Phi) is 6.47. The zero-order valence-corrected chi connectivity index (χ0v) is 19.8. The Hall–Kier alpha value is -3.98. The van der Waals surface area contributed by atoms with Crippen molar-refractivity contribution in [2.45, 2.75) is 19.9 Å². The maximum Gasteiger partial charge on any atom is 0.338 e. The Morgan fingerprint density at radius 2 is 1.82 bits per heavy atom. The molecule has 4 rings (SSSR count). The molecule has 174 valence electrons. The molecule has 0 N–H and O–H groups in total. The van der Waals surface area contributed by atoms with E-state index in [0.717, 1.165) is 5.56 Å². The van der Waals surface area contributed by atoms with Gasteiger partial charge in [-0.3, -0.25) is 14.2 Å². The van der Waals surface area contributed by atoms with Crippen molar-refractivity contribution in [3.8, 4) is 11.5 Å². The van der Waals surface area contributed by atoms with Crippen LogP contribution in [-0.4, -0.2) is 30.7 Å². The van der Waals surface area contributed by atoms with E-state index in [0.29, 0.717) is 31.9 Å². The molecule has 1 aliphatic heterocycles. The van der Waals surface area contributed by atoms with E-state index in [4.69, 9.17) is 14.2 Å². The molecule has 2 heterocycles. The number of fused-ring (bicyclic) bond motifs is 1. The number of hydrogen-bond acceptors (Lipinski definition) is 8. The maximum atomic E-state index is 13.5. The van der Waals surface area contributed by atoms with E-state index >= 15 is 0 Å². The number of thiazole rings is 1. The minimum Gasteiger partial charge on any atom is -0.493 e. The Morgan fingerprint density at radius 3 is 2.47 bits per heavy atom. The topological polar surface area (TPSA) is 96.2 Å². The lowest BCUT2D eigenvalue weighted by molar-refractivity contribution is -0.136. The van der Waals surface area contributed by atoms with Crippen LogP contribution < -0.4 is 24.4 Å².